The number of aromatic nitrogens is 2. The summed E-state index contributed by atoms with van der Waals surface area (Å²) in [5.41, 5.74) is 3.11. The molecular weight excluding hydrogens is 370 g/mol. The summed E-state index contributed by atoms with van der Waals surface area (Å²) < 4.78 is 18.6. The highest BCUT2D eigenvalue weighted by atomic mass is 16.5. The number of carbonyl (C=O) groups excluding carboxylic acids is 1. The molecular formula is C22H29N3O4. The normalized spacial score (nSPS) is 22.1. The van der Waals surface area contributed by atoms with E-state index in [9.17, 15) is 4.79 Å². The van der Waals surface area contributed by atoms with E-state index in [1.165, 1.54) is 0 Å². The van der Waals surface area contributed by atoms with Crippen molar-refractivity contribution in [1.29, 1.82) is 0 Å². The number of nitrogens with one attached hydrogen (secondary N) is 1. The first-order valence-corrected chi connectivity index (χ1v) is 10.2. The molecule has 29 heavy (non-hydrogen) atoms. The Morgan fingerprint density at radius 2 is 2.07 bits per heavy atom. The van der Waals surface area contributed by atoms with Crippen LogP contribution in [0.25, 0.3) is 0 Å². The van der Waals surface area contributed by atoms with Gasteiger partial charge in [-0.3, -0.25) is 9.48 Å². The highest BCUT2D eigenvalue weighted by Crippen LogP contribution is 2.49. The summed E-state index contributed by atoms with van der Waals surface area (Å²) in [5.74, 6) is 0.663. The zero-order valence-corrected chi connectivity index (χ0v) is 17.5. The number of methoxy groups -OCH3 is 2. The SMILES string of the molecule is COCCn1nc(C(=O)NC2(c3ccccc3OC)CC2)c2c1[C@H](C)O[C@H](C)C2. The summed E-state index contributed by atoms with van der Waals surface area (Å²) >= 11 is 0. The highest BCUT2D eigenvalue weighted by Gasteiger charge is 2.48. The van der Waals surface area contributed by atoms with Gasteiger partial charge in [-0.1, -0.05) is 18.2 Å². The molecule has 1 aromatic carbocycles. The molecule has 1 N–H and O–H groups in total. The number of nitrogens with zero attached hydrogens (tertiary/aromatic N) is 2. The number of amides is 1. The van der Waals surface area contributed by atoms with E-state index in [1.54, 1.807) is 14.2 Å². The average molecular weight is 399 g/mol. The van der Waals surface area contributed by atoms with Crippen molar-refractivity contribution in [2.75, 3.05) is 20.8 Å². The van der Waals surface area contributed by atoms with Crippen LogP contribution in [0, 0.1) is 0 Å². The number of carbonyl (C=O) groups is 1. The van der Waals surface area contributed by atoms with Crippen molar-refractivity contribution in [2.45, 2.75) is 57.4 Å². The van der Waals surface area contributed by atoms with Crippen LogP contribution in [0.1, 0.15) is 60.1 Å². The summed E-state index contributed by atoms with van der Waals surface area (Å²) in [6.45, 7) is 5.16. The smallest absolute Gasteiger partial charge is 0.272 e. The van der Waals surface area contributed by atoms with Crippen LogP contribution in [0.5, 0.6) is 5.75 Å². The highest BCUT2D eigenvalue weighted by molar-refractivity contribution is 5.95. The molecule has 0 radical (unpaired) electrons. The Labute approximate surface area is 171 Å². The molecule has 1 aliphatic carbocycles. The van der Waals surface area contributed by atoms with Crippen LogP contribution in [0.2, 0.25) is 0 Å². The molecule has 156 valence electrons. The van der Waals surface area contributed by atoms with Crippen LogP contribution in [0.3, 0.4) is 0 Å². The zero-order chi connectivity index (χ0) is 20.6. The molecule has 0 saturated heterocycles. The van der Waals surface area contributed by atoms with Gasteiger partial charge in [-0.05, 0) is 32.8 Å². The predicted octanol–water partition coefficient (Wildman–Crippen LogP) is 2.98. The second-order valence-electron chi connectivity index (χ2n) is 7.96. The van der Waals surface area contributed by atoms with E-state index in [4.69, 9.17) is 14.2 Å². The maximum atomic E-state index is 13.3. The maximum absolute atomic E-state index is 13.3. The Hall–Kier alpha value is -2.38. The zero-order valence-electron chi connectivity index (χ0n) is 17.5. The van der Waals surface area contributed by atoms with Crippen LogP contribution in [0.4, 0.5) is 0 Å². The number of para-hydroxylation sites is 1. The summed E-state index contributed by atoms with van der Waals surface area (Å²) in [4.78, 5) is 13.3. The van der Waals surface area contributed by atoms with Crippen molar-refractivity contribution in [3.05, 3.63) is 46.8 Å². The minimum absolute atomic E-state index is 0.0493. The third-order valence-corrected chi connectivity index (χ3v) is 5.85. The molecule has 1 fully saturated rings. The quantitative estimate of drug-likeness (QED) is 0.775. The van der Waals surface area contributed by atoms with Gasteiger partial charge in [0.25, 0.3) is 5.91 Å². The Morgan fingerprint density at radius 1 is 1.31 bits per heavy atom. The van der Waals surface area contributed by atoms with Gasteiger partial charge in [0.15, 0.2) is 5.69 Å². The number of hydrogen-bond donors (Lipinski definition) is 1. The van der Waals surface area contributed by atoms with E-state index < -0.39 is 0 Å². The van der Waals surface area contributed by atoms with E-state index in [1.807, 2.05) is 42.8 Å². The van der Waals surface area contributed by atoms with Gasteiger partial charge in [-0.25, -0.2) is 0 Å². The Bertz CT molecular complexity index is 903. The first-order valence-electron chi connectivity index (χ1n) is 10.2. The van der Waals surface area contributed by atoms with Crippen LogP contribution in [-0.2, 0) is 28.0 Å². The molecule has 0 bridgehead atoms. The number of rotatable bonds is 7. The van der Waals surface area contributed by atoms with E-state index in [0.717, 1.165) is 35.4 Å². The topological polar surface area (TPSA) is 74.6 Å². The van der Waals surface area contributed by atoms with Gasteiger partial charge in [0, 0.05) is 24.7 Å². The lowest BCUT2D eigenvalue weighted by molar-refractivity contribution is -0.0101. The number of benzene rings is 1. The molecule has 2 aromatic rings. The second-order valence-corrected chi connectivity index (χ2v) is 7.96. The van der Waals surface area contributed by atoms with Gasteiger partial charge < -0.3 is 19.5 Å². The first kappa shape index (κ1) is 19.9. The lowest BCUT2D eigenvalue weighted by atomic mass is 9.98. The summed E-state index contributed by atoms with van der Waals surface area (Å²) in [6, 6.07) is 7.88. The fraction of sp³-hybridized carbons (Fsp3) is 0.545. The molecule has 2 aliphatic rings. The third-order valence-electron chi connectivity index (χ3n) is 5.85. The third kappa shape index (κ3) is 3.65. The van der Waals surface area contributed by atoms with Crippen molar-refractivity contribution in [1.82, 2.24) is 15.1 Å². The number of hydrogen-bond acceptors (Lipinski definition) is 5. The van der Waals surface area contributed by atoms with Crippen molar-refractivity contribution in [2.24, 2.45) is 0 Å². The van der Waals surface area contributed by atoms with Crippen LogP contribution in [-0.4, -0.2) is 42.6 Å². The Morgan fingerprint density at radius 3 is 2.76 bits per heavy atom. The van der Waals surface area contributed by atoms with Gasteiger partial charge >= 0.3 is 0 Å². The summed E-state index contributed by atoms with van der Waals surface area (Å²) in [5, 5.41) is 7.93. The standard InChI is InChI=1S/C22H29N3O4/c1-14-13-16-19(24-25(11-12-27-3)20(16)15(2)29-14)21(26)23-22(9-10-22)17-7-5-6-8-18(17)28-4/h5-8,14-15H,9-13H2,1-4H3,(H,23,26)/t14-,15+/m1/s1. The van der Waals surface area contributed by atoms with E-state index in [-0.39, 0.29) is 23.7 Å². The van der Waals surface area contributed by atoms with E-state index >= 15 is 0 Å². The van der Waals surface area contributed by atoms with Crippen LogP contribution >= 0.6 is 0 Å². The van der Waals surface area contributed by atoms with Gasteiger partial charge in [-0.15, -0.1) is 0 Å². The van der Waals surface area contributed by atoms with E-state index in [2.05, 4.69) is 10.4 Å². The number of fused-ring (bicyclic) bond motifs is 1. The minimum atomic E-state index is -0.380. The molecule has 2 heterocycles. The summed E-state index contributed by atoms with van der Waals surface area (Å²) in [6.07, 6.45) is 2.40. The molecule has 1 aliphatic heterocycles. The fourth-order valence-electron chi connectivity index (χ4n) is 4.35. The fourth-order valence-corrected chi connectivity index (χ4v) is 4.35. The molecule has 1 saturated carbocycles. The van der Waals surface area contributed by atoms with Gasteiger partial charge in [0.1, 0.15) is 5.75 Å². The largest absolute Gasteiger partial charge is 0.496 e. The predicted molar refractivity (Wildman–Crippen MR) is 108 cm³/mol. The van der Waals surface area contributed by atoms with Gasteiger partial charge in [0.05, 0.1) is 43.7 Å². The lowest BCUT2D eigenvalue weighted by Gasteiger charge is -2.27. The van der Waals surface area contributed by atoms with Crippen molar-refractivity contribution < 1.29 is 19.0 Å². The van der Waals surface area contributed by atoms with Gasteiger partial charge in [-0.2, -0.15) is 5.10 Å². The maximum Gasteiger partial charge on any atom is 0.272 e. The Balaban J connectivity index is 1.65. The van der Waals surface area contributed by atoms with Crippen molar-refractivity contribution >= 4 is 5.91 Å². The molecule has 2 atom stereocenters. The lowest BCUT2D eigenvalue weighted by Crippen LogP contribution is -2.36. The van der Waals surface area contributed by atoms with Crippen LogP contribution in [0.15, 0.2) is 24.3 Å². The second kappa shape index (κ2) is 7.80. The molecule has 7 heteroatoms. The molecule has 7 nitrogen and oxygen atoms in total. The van der Waals surface area contributed by atoms with Gasteiger partial charge in [0.2, 0.25) is 0 Å². The monoisotopic (exact) mass is 399 g/mol. The average Bonchev–Trinajstić information content (AvgIpc) is 3.39. The minimum Gasteiger partial charge on any atom is -0.496 e. The first-order chi connectivity index (χ1) is 14.0. The molecule has 4 rings (SSSR count). The number of ether oxygens (including phenoxy) is 3. The van der Waals surface area contributed by atoms with Crippen LogP contribution < -0.4 is 10.1 Å². The van der Waals surface area contributed by atoms with Crippen molar-refractivity contribution in [3.8, 4) is 5.75 Å². The molecule has 1 amide bonds. The molecule has 1 aromatic heterocycles. The molecule has 0 spiro atoms. The van der Waals surface area contributed by atoms with Crippen molar-refractivity contribution in [3.63, 3.8) is 0 Å². The molecule has 0 unspecified atom stereocenters. The van der Waals surface area contributed by atoms with E-state index in [0.29, 0.717) is 25.3 Å². The Kier molecular flexibility index (Phi) is 5.36. The summed E-state index contributed by atoms with van der Waals surface area (Å²) in [7, 11) is 3.32.